The molecule has 1 aromatic carbocycles. The van der Waals surface area contributed by atoms with E-state index in [-0.39, 0.29) is 6.10 Å². The predicted molar refractivity (Wildman–Crippen MR) is 56.3 cm³/mol. The molecule has 0 amide bonds. The molecule has 0 saturated carbocycles. The number of hydrogen-bond donors (Lipinski definition) is 0. The highest BCUT2D eigenvalue weighted by Crippen LogP contribution is 2.29. The maximum absolute atomic E-state index is 5.71. The zero-order chi connectivity index (χ0) is 9.54. The first-order chi connectivity index (χ1) is 6.86. The molecule has 1 atom stereocenters. The minimum absolute atomic E-state index is 0.217. The smallest absolute Gasteiger partial charge is 0.0818 e. The molecule has 0 bridgehead atoms. The van der Waals surface area contributed by atoms with Crippen LogP contribution in [-0.4, -0.2) is 11.2 Å². The van der Waals surface area contributed by atoms with Crippen molar-refractivity contribution in [1.29, 1.82) is 0 Å². The number of nitrogens with zero attached hydrogens (tertiary/aromatic N) is 1. The Bertz CT molecular complexity index is 472. The van der Waals surface area contributed by atoms with Crippen molar-refractivity contribution >= 4 is 10.9 Å². The summed E-state index contributed by atoms with van der Waals surface area (Å²) in [5.74, 6) is 0. The molecule has 0 fully saturated rings. The van der Waals surface area contributed by atoms with Gasteiger partial charge in [0.2, 0.25) is 0 Å². The number of rotatable bonds is 0. The predicted octanol–water partition coefficient (Wildman–Crippen LogP) is 2.73. The molecule has 0 saturated heterocycles. The van der Waals surface area contributed by atoms with Crippen LogP contribution in [-0.2, 0) is 11.3 Å². The van der Waals surface area contributed by atoms with E-state index in [9.17, 15) is 0 Å². The van der Waals surface area contributed by atoms with Crippen molar-refractivity contribution in [3.05, 3.63) is 36.0 Å². The highest BCUT2D eigenvalue weighted by atomic mass is 16.5. The fraction of sp³-hybridized carbons (Fsp3) is 0.333. The molecule has 1 aliphatic rings. The third kappa shape index (κ3) is 1.01. The van der Waals surface area contributed by atoms with Crippen LogP contribution < -0.4 is 0 Å². The van der Waals surface area contributed by atoms with Crippen LogP contribution in [0.25, 0.3) is 10.9 Å². The minimum atomic E-state index is 0.217. The van der Waals surface area contributed by atoms with Gasteiger partial charge in [0.15, 0.2) is 0 Å². The second-order valence-electron chi connectivity index (χ2n) is 3.81. The fourth-order valence-corrected chi connectivity index (χ4v) is 2.22. The molecule has 1 unspecified atom stereocenters. The van der Waals surface area contributed by atoms with E-state index in [1.165, 1.54) is 16.5 Å². The molecule has 2 heterocycles. The lowest BCUT2D eigenvalue weighted by atomic mass is 10.1. The van der Waals surface area contributed by atoms with Gasteiger partial charge in [0.25, 0.3) is 0 Å². The summed E-state index contributed by atoms with van der Waals surface area (Å²) in [7, 11) is 0. The van der Waals surface area contributed by atoms with Gasteiger partial charge in [-0.1, -0.05) is 18.2 Å². The molecule has 1 aromatic heterocycles. The third-order valence-corrected chi connectivity index (χ3v) is 2.96. The monoisotopic (exact) mass is 187 g/mol. The minimum Gasteiger partial charge on any atom is -0.372 e. The molecule has 0 aliphatic carbocycles. The summed E-state index contributed by atoms with van der Waals surface area (Å²) in [6.45, 7) is 3.89. The van der Waals surface area contributed by atoms with Gasteiger partial charge in [0.05, 0.1) is 18.2 Å². The normalized spacial score (nSPS) is 21.1. The largest absolute Gasteiger partial charge is 0.372 e. The standard InChI is InChI=1S/C12H13NO/c1-9-11-4-2-3-10-5-6-13(12(10)11)7-8-14-9/h2-6,9H,7-8H2,1H3. The van der Waals surface area contributed by atoms with Gasteiger partial charge in [-0.05, 0) is 18.4 Å². The Morgan fingerprint density at radius 1 is 1.36 bits per heavy atom. The second-order valence-corrected chi connectivity index (χ2v) is 3.81. The van der Waals surface area contributed by atoms with Gasteiger partial charge >= 0.3 is 0 Å². The summed E-state index contributed by atoms with van der Waals surface area (Å²) in [6.07, 6.45) is 2.37. The number of benzene rings is 1. The molecule has 1 aliphatic heterocycles. The van der Waals surface area contributed by atoms with Crippen LogP contribution in [0.15, 0.2) is 30.5 Å². The maximum atomic E-state index is 5.71. The maximum Gasteiger partial charge on any atom is 0.0818 e. The molecule has 0 N–H and O–H groups in total. The topological polar surface area (TPSA) is 14.2 Å². The van der Waals surface area contributed by atoms with E-state index in [2.05, 4.69) is 42.0 Å². The Labute approximate surface area is 83.1 Å². The van der Waals surface area contributed by atoms with Gasteiger partial charge in [-0.15, -0.1) is 0 Å². The molecular formula is C12H13NO. The average Bonchev–Trinajstić information content (AvgIpc) is 2.53. The third-order valence-electron chi connectivity index (χ3n) is 2.96. The highest BCUT2D eigenvalue weighted by molar-refractivity contribution is 5.83. The Hall–Kier alpha value is -1.28. The first-order valence-corrected chi connectivity index (χ1v) is 5.05. The zero-order valence-corrected chi connectivity index (χ0v) is 8.23. The van der Waals surface area contributed by atoms with Crippen molar-refractivity contribution in [3.8, 4) is 0 Å². The van der Waals surface area contributed by atoms with Crippen molar-refractivity contribution in [1.82, 2.24) is 4.57 Å². The summed E-state index contributed by atoms with van der Waals surface area (Å²) < 4.78 is 8.00. The van der Waals surface area contributed by atoms with Gasteiger partial charge in [-0.25, -0.2) is 0 Å². The van der Waals surface area contributed by atoms with Crippen molar-refractivity contribution in [2.45, 2.75) is 19.6 Å². The van der Waals surface area contributed by atoms with E-state index in [0.29, 0.717) is 0 Å². The highest BCUT2D eigenvalue weighted by Gasteiger charge is 2.16. The van der Waals surface area contributed by atoms with Crippen molar-refractivity contribution in [2.24, 2.45) is 0 Å². The van der Waals surface area contributed by atoms with Gasteiger partial charge in [-0.2, -0.15) is 0 Å². The zero-order valence-electron chi connectivity index (χ0n) is 8.23. The number of hydrogen-bond acceptors (Lipinski definition) is 1. The van der Waals surface area contributed by atoms with E-state index in [1.54, 1.807) is 0 Å². The summed E-state index contributed by atoms with van der Waals surface area (Å²) in [4.78, 5) is 0. The summed E-state index contributed by atoms with van der Waals surface area (Å²) in [6, 6.07) is 8.60. The lowest BCUT2D eigenvalue weighted by Gasteiger charge is -2.10. The van der Waals surface area contributed by atoms with E-state index < -0.39 is 0 Å². The van der Waals surface area contributed by atoms with Crippen LogP contribution in [0.1, 0.15) is 18.6 Å². The number of para-hydroxylation sites is 1. The summed E-state index contributed by atoms with van der Waals surface area (Å²) in [5, 5.41) is 1.32. The lowest BCUT2D eigenvalue weighted by Crippen LogP contribution is -2.01. The quantitative estimate of drug-likeness (QED) is 0.618. The van der Waals surface area contributed by atoms with Crippen LogP contribution in [0.5, 0.6) is 0 Å². The van der Waals surface area contributed by atoms with Gasteiger partial charge < -0.3 is 9.30 Å². The molecule has 2 aromatic rings. The average molecular weight is 187 g/mol. The molecule has 2 nitrogen and oxygen atoms in total. The summed E-state index contributed by atoms with van der Waals surface area (Å²) in [5.41, 5.74) is 2.66. The van der Waals surface area contributed by atoms with E-state index in [4.69, 9.17) is 4.74 Å². The van der Waals surface area contributed by atoms with Gasteiger partial charge in [-0.3, -0.25) is 0 Å². The van der Waals surface area contributed by atoms with Gasteiger partial charge in [0.1, 0.15) is 0 Å². The van der Waals surface area contributed by atoms with Crippen molar-refractivity contribution in [2.75, 3.05) is 6.61 Å². The van der Waals surface area contributed by atoms with Crippen LogP contribution in [0, 0.1) is 0 Å². The Morgan fingerprint density at radius 2 is 2.29 bits per heavy atom. The molecule has 0 radical (unpaired) electrons. The molecule has 2 heteroatoms. The summed E-state index contributed by atoms with van der Waals surface area (Å²) >= 11 is 0. The first-order valence-electron chi connectivity index (χ1n) is 5.05. The Kier molecular flexibility index (Phi) is 1.64. The van der Waals surface area contributed by atoms with Crippen molar-refractivity contribution < 1.29 is 4.74 Å². The molecular weight excluding hydrogens is 174 g/mol. The van der Waals surface area contributed by atoms with Crippen LogP contribution in [0.3, 0.4) is 0 Å². The molecule has 3 rings (SSSR count). The molecule has 14 heavy (non-hydrogen) atoms. The fourth-order valence-electron chi connectivity index (χ4n) is 2.22. The van der Waals surface area contributed by atoms with Crippen LogP contribution >= 0.6 is 0 Å². The number of aromatic nitrogens is 1. The van der Waals surface area contributed by atoms with Crippen LogP contribution in [0.2, 0.25) is 0 Å². The van der Waals surface area contributed by atoms with E-state index in [1.807, 2.05) is 0 Å². The molecule has 72 valence electrons. The Morgan fingerprint density at radius 3 is 3.21 bits per heavy atom. The molecule has 0 spiro atoms. The SMILES string of the molecule is CC1OCCn2ccc3cccc1c32. The second kappa shape index (κ2) is 2.85. The number of ether oxygens (including phenoxy) is 1. The van der Waals surface area contributed by atoms with Crippen LogP contribution in [0.4, 0.5) is 0 Å². The van der Waals surface area contributed by atoms with Gasteiger partial charge in [0, 0.05) is 18.3 Å². The van der Waals surface area contributed by atoms with E-state index in [0.717, 1.165) is 13.2 Å². The lowest BCUT2D eigenvalue weighted by molar-refractivity contribution is 0.0661. The first kappa shape index (κ1) is 8.06. The van der Waals surface area contributed by atoms with Crippen molar-refractivity contribution in [3.63, 3.8) is 0 Å². The van der Waals surface area contributed by atoms with E-state index >= 15 is 0 Å². The Balaban J connectivity index is 2.38.